The lowest BCUT2D eigenvalue weighted by Gasteiger charge is -2.08. The van der Waals surface area contributed by atoms with Crippen LogP contribution in [0.15, 0.2) is 30.3 Å². The maximum atomic E-state index is 12.0. The van der Waals surface area contributed by atoms with Crippen LogP contribution in [0.2, 0.25) is 0 Å². The molecule has 0 amide bonds. The summed E-state index contributed by atoms with van der Waals surface area (Å²) in [6.45, 7) is 1.85. The Labute approximate surface area is 112 Å². The smallest absolute Gasteiger partial charge is 0.406 e. The normalized spacial score (nSPS) is 11.6. The molecule has 1 N–H and O–H groups in total. The molecule has 0 spiro atoms. The number of halogens is 3. The van der Waals surface area contributed by atoms with Crippen LogP contribution in [0.4, 0.5) is 13.2 Å². The van der Waals surface area contributed by atoms with Gasteiger partial charge in [0.15, 0.2) is 0 Å². The first-order valence-corrected chi connectivity index (χ1v) is 6.27. The molecule has 0 radical (unpaired) electrons. The predicted molar refractivity (Wildman–Crippen MR) is 67.1 cm³/mol. The summed E-state index contributed by atoms with van der Waals surface area (Å²) in [7, 11) is 0. The largest absolute Gasteiger partial charge is 0.573 e. The minimum absolute atomic E-state index is 0.0359. The maximum absolute atomic E-state index is 12.0. The zero-order valence-electron chi connectivity index (χ0n) is 9.99. The number of aliphatic hydroxyl groups excluding tert-OH is 1. The highest BCUT2D eigenvalue weighted by Crippen LogP contribution is 2.33. The number of hydrogen-bond donors (Lipinski definition) is 1. The van der Waals surface area contributed by atoms with Gasteiger partial charge >= 0.3 is 6.36 Å². The molecule has 6 heteroatoms. The molecule has 0 bridgehead atoms. The average Bonchev–Trinajstić information content (AvgIpc) is 2.69. The molecule has 2 aromatic rings. The summed E-state index contributed by atoms with van der Waals surface area (Å²) < 4.78 is 39.9. The van der Waals surface area contributed by atoms with Crippen molar-refractivity contribution in [2.24, 2.45) is 0 Å². The predicted octanol–water partition coefficient (Wildman–Crippen LogP) is 4.11. The fraction of sp³-hybridized carbons (Fsp3) is 0.231. The van der Waals surface area contributed by atoms with Crippen LogP contribution in [0, 0.1) is 6.92 Å². The fourth-order valence-electron chi connectivity index (χ4n) is 1.64. The molecule has 0 atom stereocenters. The molecule has 19 heavy (non-hydrogen) atoms. The Bertz CT molecular complexity index is 558. The van der Waals surface area contributed by atoms with Crippen LogP contribution in [-0.4, -0.2) is 11.5 Å². The van der Waals surface area contributed by atoms with Gasteiger partial charge in [-0.25, -0.2) is 0 Å². The van der Waals surface area contributed by atoms with E-state index in [0.717, 1.165) is 20.9 Å². The molecule has 0 aliphatic heterocycles. The van der Waals surface area contributed by atoms with Gasteiger partial charge in [-0.3, -0.25) is 0 Å². The molecule has 102 valence electrons. The second-order valence-electron chi connectivity index (χ2n) is 3.95. The van der Waals surface area contributed by atoms with Crippen LogP contribution in [0.5, 0.6) is 5.75 Å². The summed E-state index contributed by atoms with van der Waals surface area (Å²) in [5.41, 5.74) is 1.76. The molecule has 1 aromatic heterocycles. The van der Waals surface area contributed by atoms with E-state index in [-0.39, 0.29) is 12.4 Å². The van der Waals surface area contributed by atoms with Crippen LogP contribution in [0.3, 0.4) is 0 Å². The lowest BCUT2D eigenvalue weighted by Crippen LogP contribution is -2.16. The van der Waals surface area contributed by atoms with Gasteiger partial charge in [0.05, 0.1) is 6.61 Å². The summed E-state index contributed by atoms with van der Waals surface area (Å²) in [5, 5.41) is 9.12. The molecular formula is C13H11F3O2S. The average molecular weight is 288 g/mol. The van der Waals surface area contributed by atoms with Gasteiger partial charge < -0.3 is 9.84 Å². The number of benzene rings is 1. The van der Waals surface area contributed by atoms with E-state index in [1.807, 2.05) is 13.0 Å². The third-order valence-corrected chi connectivity index (χ3v) is 3.81. The van der Waals surface area contributed by atoms with E-state index >= 15 is 0 Å². The summed E-state index contributed by atoms with van der Waals surface area (Å²) >= 11 is 1.42. The number of aryl methyl sites for hydroxylation is 1. The van der Waals surface area contributed by atoms with Crippen molar-refractivity contribution in [3.8, 4) is 16.2 Å². The summed E-state index contributed by atoms with van der Waals surface area (Å²) in [6, 6.07) is 7.57. The standard InChI is InChI=1S/C13H11F3O2S/c1-8-6-11(19-12(8)7-17)9-2-4-10(5-3-9)18-13(14,15)16/h2-6,17H,7H2,1H3. The van der Waals surface area contributed by atoms with Crippen molar-refractivity contribution < 1.29 is 23.0 Å². The molecule has 2 rings (SSSR count). The number of rotatable bonds is 3. The van der Waals surface area contributed by atoms with E-state index in [2.05, 4.69) is 4.74 Å². The van der Waals surface area contributed by atoms with E-state index in [0.29, 0.717) is 0 Å². The van der Waals surface area contributed by atoms with Crippen molar-refractivity contribution in [1.82, 2.24) is 0 Å². The second kappa shape index (κ2) is 5.22. The van der Waals surface area contributed by atoms with E-state index in [1.165, 1.54) is 23.5 Å². The summed E-state index contributed by atoms with van der Waals surface area (Å²) in [6.07, 6.45) is -4.68. The summed E-state index contributed by atoms with van der Waals surface area (Å²) in [5.74, 6) is -0.244. The molecule has 0 unspecified atom stereocenters. The summed E-state index contributed by atoms with van der Waals surface area (Å²) in [4.78, 5) is 1.76. The Morgan fingerprint density at radius 1 is 1.21 bits per heavy atom. The fourth-order valence-corrected chi connectivity index (χ4v) is 2.68. The number of ether oxygens (including phenoxy) is 1. The Hall–Kier alpha value is -1.53. The zero-order chi connectivity index (χ0) is 14.0. The van der Waals surface area contributed by atoms with Gasteiger partial charge in [0.2, 0.25) is 0 Å². The van der Waals surface area contributed by atoms with Gasteiger partial charge in [-0.15, -0.1) is 24.5 Å². The van der Waals surface area contributed by atoms with E-state index in [1.54, 1.807) is 12.1 Å². The topological polar surface area (TPSA) is 29.5 Å². The van der Waals surface area contributed by atoms with Crippen molar-refractivity contribution in [3.05, 3.63) is 40.8 Å². The van der Waals surface area contributed by atoms with E-state index in [9.17, 15) is 13.2 Å². The van der Waals surface area contributed by atoms with Crippen LogP contribution in [-0.2, 0) is 6.61 Å². The van der Waals surface area contributed by atoms with Crippen molar-refractivity contribution >= 4 is 11.3 Å². The van der Waals surface area contributed by atoms with Crippen molar-refractivity contribution in [2.75, 3.05) is 0 Å². The van der Waals surface area contributed by atoms with Crippen molar-refractivity contribution in [1.29, 1.82) is 0 Å². The molecule has 1 heterocycles. The molecule has 0 saturated carbocycles. The molecule has 0 saturated heterocycles. The number of aliphatic hydroxyl groups is 1. The first-order chi connectivity index (χ1) is 8.89. The Kier molecular flexibility index (Phi) is 3.82. The number of hydrogen-bond acceptors (Lipinski definition) is 3. The first-order valence-electron chi connectivity index (χ1n) is 5.45. The van der Waals surface area contributed by atoms with Gasteiger partial charge in [0.25, 0.3) is 0 Å². The van der Waals surface area contributed by atoms with Crippen LogP contribution < -0.4 is 4.74 Å². The highest BCUT2D eigenvalue weighted by molar-refractivity contribution is 7.15. The van der Waals surface area contributed by atoms with Crippen LogP contribution in [0.1, 0.15) is 10.4 Å². The lowest BCUT2D eigenvalue weighted by molar-refractivity contribution is -0.274. The number of thiophene rings is 1. The molecular weight excluding hydrogens is 277 g/mol. The van der Waals surface area contributed by atoms with Crippen molar-refractivity contribution in [2.45, 2.75) is 19.9 Å². The Morgan fingerprint density at radius 2 is 1.84 bits per heavy atom. The molecule has 0 fully saturated rings. The Balaban J connectivity index is 2.22. The first kappa shape index (κ1) is 13.9. The molecule has 1 aromatic carbocycles. The van der Waals surface area contributed by atoms with Crippen LogP contribution in [0.25, 0.3) is 10.4 Å². The van der Waals surface area contributed by atoms with Gasteiger partial charge in [0.1, 0.15) is 5.75 Å². The van der Waals surface area contributed by atoms with Gasteiger partial charge in [-0.05, 0) is 48.4 Å². The minimum atomic E-state index is -4.68. The Morgan fingerprint density at radius 3 is 2.32 bits per heavy atom. The van der Waals surface area contributed by atoms with Gasteiger partial charge in [-0.2, -0.15) is 0 Å². The highest BCUT2D eigenvalue weighted by atomic mass is 32.1. The van der Waals surface area contributed by atoms with Gasteiger partial charge in [0, 0.05) is 9.75 Å². The minimum Gasteiger partial charge on any atom is -0.406 e. The SMILES string of the molecule is Cc1cc(-c2ccc(OC(F)(F)F)cc2)sc1CO. The molecule has 0 aliphatic carbocycles. The van der Waals surface area contributed by atoms with E-state index in [4.69, 9.17) is 5.11 Å². The monoisotopic (exact) mass is 288 g/mol. The number of alkyl halides is 3. The third kappa shape index (κ3) is 3.48. The second-order valence-corrected chi connectivity index (χ2v) is 5.08. The van der Waals surface area contributed by atoms with Gasteiger partial charge in [-0.1, -0.05) is 0 Å². The highest BCUT2D eigenvalue weighted by Gasteiger charge is 2.30. The van der Waals surface area contributed by atoms with Crippen molar-refractivity contribution in [3.63, 3.8) is 0 Å². The zero-order valence-corrected chi connectivity index (χ0v) is 10.8. The lowest BCUT2D eigenvalue weighted by atomic mass is 10.1. The van der Waals surface area contributed by atoms with Crippen LogP contribution >= 0.6 is 11.3 Å². The molecule has 2 nitrogen and oxygen atoms in total. The van der Waals surface area contributed by atoms with E-state index < -0.39 is 6.36 Å². The third-order valence-electron chi connectivity index (χ3n) is 2.54. The maximum Gasteiger partial charge on any atom is 0.573 e. The molecule has 0 aliphatic rings. The quantitative estimate of drug-likeness (QED) is 0.920.